The van der Waals surface area contributed by atoms with Crippen molar-refractivity contribution in [2.75, 3.05) is 13.2 Å². The van der Waals surface area contributed by atoms with Crippen LogP contribution in [0.1, 0.15) is 24.5 Å². The van der Waals surface area contributed by atoms with Gasteiger partial charge in [-0.2, -0.15) is 0 Å². The predicted molar refractivity (Wildman–Crippen MR) is 136 cm³/mol. The molecule has 0 spiro atoms. The lowest BCUT2D eigenvalue weighted by Crippen LogP contribution is -2.51. The van der Waals surface area contributed by atoms with Crippen molar-refractivity contribution in [3.63, 3.8) is 0 Å². The van der Waals surface area contributed by atoms with Gasteiger partial charge in [-0.15, -0.1) is 0 Å². The van der Waals surface area contributed by atoms with Crippen molar-refractivity contribution in [3.05, 3.63) is 100 Å². The van der Waals surface area contributed by atoms with E-state index in [0.29, 0.717) is 28.8 Å². The number of hydrogen-bond acceptors (Lipinski definition) is 3. The van der Waals surface area contributed by atoms with Crippen LogP contribution in [0.3, 0.4) is 0 Å². The Morgan fingerprint density at radius 2 is 1.59 bits per heavy atom. The van der Waals surface area contributed by atoms with Crippen molar-refractivity contribution in [3.8, 4) is 5.75 Å². The molecule has 0 saturated heterocycles. The Labute approximate surface area is 210 Å². The summed E-state index contributed by atoms with van der Waals surface area (Å²) in [6, 6.07) is 23.1. The lowest BCUT2D eigenvalue weighted by atomic mass is 10.0. The third-order valence-corrected chi connectivity index (χ3v) is 5.84. The fraction of sp³-hybridized carbons (Fsp3) is 0.259. The van der Waals surface area contributed by atoms with Crippen molar-refractivity contribution in [2.45, 2.75) is 32.4 Å². The zero-order valence-corrected chi connectivity index (χ0v) is 20.6. The summed E-state index contributed by atoms with van der Waals surface area (Å²) in [4.78, 5) is 28.3. The van der Waals surface area contributed by atoms with Crippen molar-refractivity contribution in [1.82, 2.24) is 10.2 Å². The summed E-state index contributed by atoms with van der Waals surface area (Å²) in [6.45, 7) is 2.51. The second-order valence-electron chi connectivity index (χ2n) is 7.86. The standard InChI is InChI=1S/C27H28Cl2N2O3/c1-2-16-30-27(33)24(17-20-8-4-3-5-9-20)31(18-21-12-14-22(28)15-13-21)26(32)19-34-25-11-7-6-10-23(25)29/h3-15,24H,2,16-19H2,1H3,(H,30,33). The Kier molecular flexibility index (Phi) is 9.80. The van der Waals surface area contributed by atoms with Gasteiger partial charge in [-0.05, 0) is 41.8 Å². The van der Waals surface area contributed by atoms with Gasteiger partial charge in [0.15, 0.2) is 6.61 Å². The molecule has 0 aromatic heterocycles. The Bertz CT molecular complexity index is 1070. The molecule has 7 heteroatoms. The van der Waals surface area contributed by atoms with Gasteiger partial charge in [-0.3, -0.25) is 9.59 Å². The molecule has 0 fully saturated rings. The van der Waals surface area contributed by atoms with E-state index in [2.05, 4.69) is 5.32 Å². The molecule has 3 aromatic rings. The number of halogens is 2. The van der Waals surface area contributed by atoms with Gasteiger partial charge in [0.2, 0.25) is 5.91 Å². The molecular formula is C27H28Cl2N2O3. The second kappa shape index (κ2) is 13.0. The number of carbonyl (C=O) groups is 2. The normalized spacial score (nSPS) is 11.5. The number of amides is 2. The molecule has 1 N–H and O–H groups in total. The Balaban J connectivity index is 1.89. The first kappa shape index (κ1) is 25.6. The summed E-state index contributed by atoms with van der Waals surface area (Å²) in [5.41, 5.74) is 1.82. The molecule has 0 aliphatic rings. The Hall–Kier alpha value is -3.02. The molecule has 0 aliphatic heterocycles. The molecule has 1 atom stereocenters. The van der Waals surface area contributed by atoms with E-state index in [1.165, 1.54) is 0 Å². The minimum atomic E-state index is -0.716. The molecule has 2 amide bonds. The van der Waals surface area contributed by atoms with E-state index in [4.69, 9.17) is 27.9 Å². The highest BCUT2D eigenvalue weighted by atomic mass is 35.5. The van der Waals surface area contributed by atoms with Gasteiger partial charge in [-0.1, -0.05) is 84.7 Å². The third kappa shape index (κ3) is 7.51. The lowest BCUT2D eigenvalue weighted by Gasteiger charge is -2.31. The van der Waals surface area contributed by atoms with Gasteiger partial charge >= 0.3 is 0 Å². The van der Waals surface area contributed by atoms with Crippen molar-refractivity contribution in [1.29, 1.82) is 0 Å². The van der Waals surface area contributed by atoms with Crippen LogP contribution < -0.4 is 10.1 Å². The van der Waals surface area contributed by atoms with E-state index in [1.807, 2.05) is 49.4 Å². The highest BCUT2D eigenvalue weighted by Gasteiger charge is 2.30. The fourth-order valence-electron chi connectivity index (χ4n) is 3.49. The van der Waals surface area contributed by atoms with E-state index >= 15 is 0 Å². The van der Waals surface area contributed by atoms with Crippen LogP contribution in [0, 0.1) is 0 Å². The largest absolute Gasteiger partial charge is 0.482 e. The summed E-state index contributed by atoms with van der Waals surface area (Å²) < 4.78 is 5.72. The number of nitrogens with zero attached hydrogens (tertiary/aromatic N) is 1. The first-order valence-corrected chi connectivity index (χ1v) is 12.0. The highest BCUT2D eigenvalue weighted by molar-refractivity contribution is 6.32. The lowest BCUT2D eigenvalue weighted by molar-refractivity contribution is -0.142. The number of benzene rings is 3. The molecule has 34 heavy (non-hydrogen) atoms. The minimum absolute atomic E-state index is 0.203. The Morgan fingerprint density at radius 1 is 0.912 bits per heavy atom. The van der Waals surface area contributed by atoms with Gasteiger partial charge in [0, 0.05) is 24.5 Å². The van der Waals surface area contributed by atoms with E-state index in [9.17, 15) is 9.59 Å². The molecule has 0 aliphatic carbocycles. The van der Waals surface area contributed by atoms with Crippen LogP contribution in [0.25, 0.3) is 0 Å². The molecule has 5 nitrogen and oxygen atoms in total. The van der Waals surface area contributed by atoms with E-state index in [-0.39, 0.29) is 25.0 Å². The van der Waals surface area contributed by atoms with E-state index in [1.54, 1.807) is 41.3 Å². The van der Waals surface area contributed by atoms with Crippen LogP contribution in [0.5, 0.6) is 5.75 Å². The van der Waals surface area contributed by atoms with Gasteiger partial charge in [0.25, 0.3) is 5.91 Å². The number of ether oxygens (including phenoxy) is 1. The monoisotopic (exact) mass is 498 g/mol. The molecule has 0 bridgehead atoms. The third-order valence-electron chi connectivity index (χ3n) is 5.27. The summed E-state index contributed by atoms with van der Waals surface area (Å²) in [6.07, 6.45) is 1.17. The van der Waals surface area contributed by atoms with Gasteiger partial charge in [0.05, 0.1) is 5.02 Å². The molecule has 178 valence electrons. The number of para-hydroxylation sites is 1. The van der Waals surface area contributed by atoms with E-state index < -0.39 is 6.04 Å². The molecule has 3 aromatic carbocycles. The van der Waals surface area contributed by atoms with Crippen molar-refractivity contribution in [2.24, 2.45) is 0 Å². The zero-order chi connectivity index (χ0) is 24.3. The van der Waals surface area contributed by atoms with Gasteiger partial charge < -0.3 is 15.0 Å². The van der Waals surface area contributed by atoms with Crippen LogP contribution in [0.15, 0.2) is 78.9 Å². The average Bonchev–Trinajstić information content (AvgIpc) is 2.85. The first-order valence-electron chi connectivity index (χ1n) is 11.2. The fourth-order valence-corrected chi connectivity index (χ4v) is 3.81. The number of carbonyl (C=O) groups excluding carboxylic acids is 2. The molecule has 3 rings (SSSR count). The van der Waals surface area contributed by atoms with Crippen LogP contribution in [-0.2, 0) is 22.6 Å². The maximum absolute atomic E-state index is 13.5. The highest BCUT2D eigenvalue weighted by Crippen LogP contribution is 2.23. The quantitative estimate of drug-likeness (QED) is 0.377. The zero-order valence-electron chi connectivity index (χ0n) is 19.0. The van der Waals surface area contributed by atoms with Crippen molar-refractivity contribution >= 4 is 35.0 Å². The number of rotatable bonds is 11. The summed E-state index contributed by atoms with van der Waals surface area (Å²) in [7, 11) is 0. The van der Waals surface area contributed by atoms with Crippen molar-refractivity contribution < 1.29 is 14.3 Å². The van der Waals surface area contributed by atoms with Crippen LogP contribution in [0.4, 0.5) is 0 Å². The average molecular weight is 499 g/mol. The predicted octanol–water partition coefficient (Wildman–Crippen LogP) is 5.54. The molecular weight excluding hydrogens is 471 g/mol. The smallest absolute Gasteiger partial charge is 0.261 e. The van der Waals surface area contributed by atoms with Crippen LogP contribution in [0.2, 0.25) is 10.0 Å². The molecule has 0 heterocycles. The molecule has 0 radical (unpaired) electrons. The minimum Gasteiger partial charge on any atom is -0.482 e. The summed E-state index contributed by atoms with van der Waals surface area (Å²) in [5, 5.41) is 3.97. The van der Waals surface area contributed by atoms with Gasteiger partial charge in [-0.25, -0.2) is 0 Å². The second-order valence-corrected chi connectivity index (χ2v) is 8.71. The Morgan fingerprint density at radius 3 is 2.26 bits per heavy atom. The first-order chi connectivity index (χ1) is 16.5. The summed E-state index contributed by atoms with van der Waals surface area (Å²) >= 11 is 12.2. The number of hydrogen-bond donors (Lipinski definition) is 1. The topological polar surface area (TPSA) is 58.6 Å². The van der Waals surface area contributed by atoms with E-state index in [0.717, 1.165) is 17.5 Å². The molecule has 1 unspecified atom stereocenters. The van der Waals surface area contributed by atoms with Gasteiger partial charge in [0.1, 0.15) is 11.8 Å². The molecule has 0 saturated carbocycles. The summed E-state index contributed by atoms with van der Waals surface area (Å²) in [5.74, 6) is -0.104. The van der Waals surface area contributed by atoms with Crippen LogP contribution >= 0.6 is 23.2 Å². The number of nitrogens with one attached hydrogen (secondary N) is 1. The maximum Gasteiger partial charge on any atom is 0.261 e. The maximum atomic E-state index is 13.5. The van der Waals surface area contributed by atoms with Crippen LogP contribution in [-0.4, -0.2) is 35.9 Å². The SMILES string of the molecule is CCCNC(=O)C(Cc1ccccc1)N(Cc1ccc(Cl)cc1)C(=O)COc1ccccc1Cl.